The Hall–Kier alpha value is -0.930. The standard InChI is InChI=1S/C14H24N2O/c1-5-14(4,16(6-2)7-3)13(17)12-9-8-10-15-11-12/h8-11,13,17H,5-7H2,1-4H3. The van der Waals surface area contributed by atoms with Crippen LogP contribution in [0, 0.1) is 0 Å². The molecule has 3 heteroatoms. The topological polar surface area (TPSA) is 36.4 Å². The van der Waals surface area contributed by atoms with E-state index in [-0.39, 0.29) is 5.54 Å². The number of aliphatic hydroxyl groups is 1. The van der Waals surface area contributed by atoms with Gasteiger partial charge in [0.15, 0.2) is 0 Å². The predicted molar refractivity (Wildman–Crippen MR) is 70.8 cm³/mol. The van der Waals surface area contributed by atoms with Crippen molar-refractivity contribution in [1.82, 2.24) is 9.88 Å². The van der Waals surface area contributed by atoms with Crippen LogP contribution in [-0.2, 0) is 0 Å². The Labute approximate surface area is 104 Å². The molecule has 1 heterocycles. The lowest BCUT2D eigenvalue weighted by molar-refractivity contribution is -0.0215. The van der Waals surface area contributed by atoms with Crippen LogP contribution < -0.4 is 0 Å². The van der Waals surface area contributed by atoms with Crippen molar-refractivity contribution >= 4 is 0 Å². The van der Waals surface area contributed by atoms with E-state index in [0.717, 1.165) is 25.1 Å². The molecular formula is C14H24N2O. The average molecular weight is 236 g/mol. The van der Waals surface area contributed by atoms with Gasteiger partial charge in [-0.15, -0.1) is 0 Å². The second-order valence-electron chi connectivity index (χ2n) is 4.57. The highest BCUT2D eigenvalue weighted by Gasteiger charge is 2.36. The fourth-order valence-electron chi connectivity index (χ4n) is 2.43. The summed E-state index contributed by atoms with van der Waals surface area (Å²) in [4.78, 5) is 6.40. The maximum Gasteiger partial charge on any atom is 0.0985 e. The van der Waals surface area contributed by atoms with Crippen molar-refractivity contribution < 1.29 is 5.11 Å². The summed E-state index contributed by atoms with van der Waals surface area (Å²) in [6.45, 7) is 10.4. The molecule has 0 aliphatic carbocycles. The van der Waals surface area contributed by atoms with E-state index in [9.17, 15) is 5.11 Å². The second kappa shape index (κ2) is 6.12. The molecule has 0 amide bonds. The molecule has 0 fully saturated rings. The molecule has 0 aromatic carbocycles. The number of hydrogen-bond acceptors (Lipinski definition) is 3. The minimum atomic E-state index is -0.499. The summed E-state index contributed by atoms with van der Waals surface area (Å²) in [5.41, 5.74) is 0.663. The molecule has 0 aliphatic rings. The van der Waals surface area contributed by atoms with Crippen molar-refractivity contribution in [2.75, 3.05) is 13.1 Å². The highest BCUT2D eigenvalue weighted by molar-refractivity contribution is 5.17. The van der Waals surface area contributed by atoms with Crippen molar-refractivity contribution in [2.45, 2.75) is 45.8 Å². The molecule has 17 heavy (non-hydrogen) atoms. The fourth-order valence-corrected chi connectivity index (χ4v) is 2.43. The molecule has 0 bridgehead atoms. The normalized spacial score (nSPS) is 16.8. The number of nitrogens with zero attached hydrogens (tertiary/aromatic N) is 2. The lowest BCUT2D eigenvalue weighted by Crippen LogP contribution is -2.50. The zero-order valence-corrected chi connectivity index (χ0v) is 11.3. The Kier molecular flexibility index (Phi) is 5.09. The van der Waals surface area contributed by atoms with Crippen molar-refractivity contribution in [3.05, 3.63) is 30.1 Å². The first-order valence-corrected chi connectivity index (χ1v) is 6.43. The molecule has 0 spiro atoms. The smallest absolute Gasteiger partial charge is 0.0985 e. The Morgan fingerprint density at radius 1 is 1.35 bits per heavy atom. The molecule has 1 aromatic rings. The van der Waals surface area contributed by atoms with Crippen LogP contribution in [0.15, 0.2) is 24.5 Å². The Morgan fingerprint density at radius 3 is 2.41 bits per heavy atom. The van der Waals surface area contributed by atoms with Crippen LogP contribution in [0.1, 0.15) is 45.8 Å². The zero-order valence-electron chi connectivity index (χ0n) is 11.3. The largest absolute Gasteiger partial charge is 0.386 e. The van der Waals surface area contributed by atoms with E-state index in [1.165, 1.54) is 0 Å². The number of hydrogen-bond donors (Lipinski definition) is 1. The van der Waals surface area contributed by atoms with Crippen LogP contribution in [0.3, 0.4) is 0 Å². The highest BCUT2D eigenvalue weighted by Crippen LogP contribution is 2.33. The monoisotopic (exact) mass is 236 g/mol. The van der Waals surface area contributed by atoms with E-state index in [0.29, 0.717) is 0 Å². The van der Waals surface area contributed by atoms with Gasteiger partial charge in [0.1, 0.15) is 0 Å². The van der Waals surface area contributed by atoms with E-state index < -0.39 is 6.10 Å². The second-order valence-corrected chi connectivity index (χ2v) is 4.57. The van der Waals surface area contributed by atoms with E-state index in [1.807, 2.05) is 12.1 Å². The third-order valence-corrected chi connectivity index (χ3v) is 3.79. The molecule has 0 radical (unpaired) electrons. The van der Waals surface area contributed by atoms with Crippen LogP contribution >= 0.6 is 0 Å². The quantitative estimate of drug-likeness (QED) is 0.825. The SMILES string of the molecule is CCN(CC)C(C)(CC)C(O)c1cccnc1. The van der Waals surface area contributed by atoms with Gasteiger partial charge in [-0.2, -0.15) is 0 Å². The van der Waals surface area contributed by atoms with Crippen LogP contribution in [-0.4, -0.2) is 33.6 Å². The zero-order chi connectivity index (χ0) is 12.9. The molecule has 1 N–H and O–H groups in total. The van der Waals surface area contributed by atoms with Gasteiger partial charge < -0.3 is 5.11 Å². The van der Waals surface area contributed by atoms with Crippen molar-refractivity contribution in [1.29, 1.82) is 0 Å². The summed E-state index contributed by atoms with van der Waals surface area (Å²) in [6.07, 6.45) is 3.89. The molecule has 1 rings (SSSR count). The minimum absolute atomic E-state index is 0.230. The molecule has 3 nitrogen and oxygen atoms in total. The first kappa shape index (κ1) is 14.1. The Bertz CT molecular complexity index is 324. The Morgan fingerprint density at radius 2 is 2.00 bits per heavy atom. The predicted octanol–water partition coefficient (Wildman–Crippen LogP) is 2.63. The van der Waals surface area contributed by atoms with Crippen LogP contribution in [0.4, 0.5) is 0 Å². The molecule has 1 aromatic heterocycles. The molecular weight excluding hydrogens is 212 g/mol. The van der Waals surface area contributed by atoms with E-state index >= 15 is 0 Å². The maximum absolute atomic E-state index is 10.6. The third-order valence-electron chi connectivity index (χ3n) is 3.79. The highest BCUT2D eigenvalue weighted by atomic mass is 16.3. The lowest BCUT2D eigenvalue weighted by atomic mass is 9.85. The van der Waals surface area contributed by atoms with Gasteiger partial charge in [-0.1, -0.05) is 26.8 Å². The summed E-state index contributed by atoms with van der Waals surface area (Å²) in [5.74, 6) is 0. The summed E-state index contributed by atoms with van der Waals surface area (Å²) in [7, 11) is 0. The van der Waals surface area contributed by atoms with Gasteiger partial charge in [-0.05, 0) is 32.5 Å². The van der Waals surface area contributed by atoms with Crippen LogP contribution in [0.5, 0.6) is 0 Å². The van der Waals surface area contributed by atoms with Crippen LogP contribution in [0.2, 0.25) is 0 Å². The number of rotatable bonds is 6. The van der Waals surface area contributed by atoms with Gasteiger partial charge in [0.25, 0.3) is 0 Å². The number of aromatic nitrogens is 1. The van der Waals surface area contributed by atoms with Gasteiger partial charge in [0.05, 0.1) is 6.10 Å². The fraction of sp³-hybridized carbons (Fsp3) is 0.643. The minimum Gasteiger partial charge on any atom is -0.386 e. The summed E-state index contributed by atoms with van der Waals surface area (Å²) >= 11 is 0. The van der Waals surface area contributed by atoms with Gasteiger partial charge in [-0.25, -0.2) is 0 Å². The average Bonchev–Trinajstić information content (AvgIpc) is 2.39. The molecule has 0 saturated heterocycles. The van der Waals surface area contributed by atoms with Crippen molar-refractivity contribution in [2.24, 2.45) is 0 Å². The molecule has 2 unspecified atom stereocenters. The molecule has 0 aliphatic heterocycles. The molecule has 96 valence electrons. The van der Waals surface area contributed by atoms with E-state index in [2.05, 4.69) is 37.6 Å². The van der Waals surface area contributed by atoms with Crippen molar-refractivity contribution in [3.8, 4) is 0 Å². The maximum atomic E-state index is 10.6. The van der Waals surface area contributed by atoms with E-state index in [1.54, 1.807) is 12.4 Å². The Balaban J connectivity index is 3.00. The van der Waals surface area contributed by atoms with Crippen molar-refractivity contribution in [3.63, 3.8) is 0 Å². The van der Waals surface area contributed by atoms with Gasteiger partial charge in [0, 0.05) is 23.5 Å². The number of aliphatic hydroxyl groups excluding tert-OH is 1. The van der Waals surface area contributed by atoms with E-state index in [4.69, 9.17) is 0 Å². The summed E-state index contributed by atoms with van der Waals surface area (Å²) in [5, 5.41) is 10.6. The summed E-state index contributed by atoms with van der Waals surface area (Å²) < 4.78 is 0. The molecule has 0 saturated carbocycles. The summed E-state index contributed by atoms with van der Waals surface area (Å²) in [6, 6.07) is 3.81. The van der Waals surface area contributed by atoms with Gasteiger partial charge in [-0.3, -0.25) is 9.88 Å². The van der Waals surface area contributed by atoms with Gasteiger partial charge in [0.2, 0.25) is 0 Å². The van der Waals surface area contributed by atoms with Gasteiger partial charge >= 0.3 is 0 Å². The lowest BCUT2D eigenvalue weighted by Gasteiger charge is -2.43. The first-order valence-electron chi connectivity index (χ1n) is 6.43. The van der Waals surface area contributed by atoms with Crippen LogP contribution in [0.25, 0.3) is 0 Å². The third kappa shape index (κ3) is 2.85. The first-order chi connectivity index (χ1) is 8.10. The number of pyridine rings is 1. The molecule has 2 atom stereocenters. The number of likely N-dealkylation sites (N-methyl/N-ethyl adjacent to an activating group) is 1.